The normalized spacial score (nSPS) is 12.5. The van der Waals surface area contributed by atoms with Gasteiger partial charge in [-0.3, -0.25) is 0 Å². The van der Waals surface area contributed by atoms with Crippen LogP contribution in [0.4, 0.5) is 8.78 Å². The van der Waals surface area contributed by atoms with Crippen LogP contribution in [-0.2, 0) is 0 Å². The third-order valence-corrected chi connectivity index (χ3v) is 3.80. The van der Waals surface area contributed by atoms with Gasteiger partial charge in [0.15, 0.2) is 0 Å². The Morgan fingerprint density at radius 1 is 1.00 bits per heavy atom. The van der Waals surface area contributed by atoms with Crippen LogP contribution in [0.15, 0.2) is 40.9 Å². The molecule has 0 bridgehead atoms. The van der Waals surface area contributed by atoms with Crippen LogP contribution in [-0.4, -0.2) is 0 Å². The van der Waals surface area contributed by atoms with Crippen molar-refractivity contribution in [1.82, 2.24) is 0 Å². The zero-order valence-corrected chi connectivity index (χ0v) is 12.0. The van der Waals surface area contributed by atoms with E-state index in [4.69, 9.17) is 23.2 Å². The molecule has 0 radical (unpaired) electrons. The van der Waals surface area contributed by atoms with Crippen LogP contribution in [0.2, 0.25) is 5.02 Å². The number of halogens is 5. The predicted molar refractivity (Wildman–Crippen MR) is 73.2 cm³/mol. The summed E-state index contributed by atoms with van der Waals surface area (Å²) in [5.41, 5.74) is 0.855. The minimum absolute atomic E-state index is 0.266. The summed E-state index contributed by atoms with van der Waals surface area (Å²) >= 11 is 15.1. The lowest BCUT2D eigenvalue weighted by Gasteiger charge is -2.12. The SMILES string of the molecule is Fc1ccc(C(Cl)c2cc(Cl)ccc2F)cc1Br. The van der Waals surface area contributed by atoms with Gasteiger partial charge in [-0.05, 0) is 51.8 Å². The second kappa shape index (κ2) is 5.55. The Morgan fingerprint density at radius 3 is 2.33 bits per heavy atom. The predicted octanol–water partition coefficient (Wildman–Crippen LogP) is 5.71. The zero-order chi connectivity index (χ0) is 13.3. The molecule has 0 heterocycles. The fourth-order valence-corrected chi connectivity index (χ4v) is 2.44. The van der Waals surface area contributed by atoms with Gasteiger partial charge in [0.2, 0.25) is 0 Å². The van der Waals surface area contributed by atoms with Gasteiger partial charge < -0.3 is 0 Å². The molecule has 1 atom stereocenters. The Labute approximate surface area is 122 Å². The van der Waals surface area contributed by atoms with Gasteiger partial charge >= 0.3 is 0 Å². The van der Waals surface area contributed by atoms with Gasteiger partial charge in [0.25, 0.3) is 0 Å². The molecular weight excluding hydrogens is 345 g/mol. The Kier molecular flexibility index (Phi) is 4.25. The maximum Gasteiger partial charge on any atom is 0.137 e. The summed E-state index contributed by atoms with van der Waals surface area (Å²) in [5.74, 6) is -0.839. The maximum absolute atomic E-state index is 13.7. The van der Waals surface area contributed by atoms with Crippen LogP contribution in [0.5, 0.6) is 0 Å². The second-order valence-electron chi connectivity index (χ2n) is 3.70. The molecule has 0 fully saturated rings. The monoisotopic (exact) mass is 350 g/mol. The Hall–Kier alpha value is -0.640. The van der Waals surface area contributed by atoms with Crippen molar-refractivity contribution in [3.63, 3.8) is 0 Å². The minimum Gasteiger partial charge on any atom is -0.207 e. The molecule has 0 amide bonds. The highest BCUT2D eigenvalue weighted by Gasteiger charge is 2.16. The first-order valence-corrected chi connectivity index (χ1v) is 6.63. The Balaban J connectivity index is 2.44. The second-order valence-corrected chi connectivity index (χ2v) is 5.43. The molecule has 0 nitrogen and oxygen atoms in total. The van der Waals surface area contributed by atoms with Crippen LogP contribution >= 0.6 is 39.1 Å². The highest BCUT2D eigenvalue weighted by molar-refractivity contribution is 9.10. The van der Waals surface area contributed by atoms with Crippen molar-refractivity contribution < 1.29 is 8.78 Å². The summed E-state index contributed by atoms with van der Waals surface area (Å²) in [4.78, 5) is 0. The highest BCUT2D eigenvalue weighted by atomic mass is 79.9. The molecule has 2 aromatic carbocycles. The van der Waals surface area contributed by atoms with E-state index in [-0.39, 0.29) is 10.0 Å². The lowest BCUT2D eigenvalue weighted by atomic mass is 10.0. The van der Waals surface area contributed by atoms with E-state index in [1.165, 1.54) is 36.4 Å². The molecule has 1 unspecified atom stereocenters. The van der Waals surface area contributed by atoms with E-state index in [9.17, 15) is 8.78 Å². The van der Waals surface area contributed by atoms with E-state index in [2.05, 4.69) is 15.9 Å². The Bertz CT molecular complexity index is 587. The zero-order valence-electron chi connectivity index (χ0n) is 8.93. The third kappa shape index (κ3) is 2.85. The standard InChI is InChI=1S/C13H7BrCl2F2/c14-10-5-7(1-3-12(10)18)13(16)9-6-8(15)2-4-11(9)17/h1-6,13H. The summed E-state index contributed by atoms with van der Waals surface area (Å²) in [6.07, 6.45) is 0. The number of hydrogen-bond donors (Lipinski definition) is 0. The molecule has 0 spiro atoms. The van der Waals surface area contributed by atoms with E-state index in [0.29, 0.717) is 10.6 Å². The Morgan fingerprint density at radius 2 is 1.67 bits per heavy atom. The number of benzene rings is 2. The highest BCUT2D eigenvalue weighted by Crippen LogP contribution is 2.33. The van der Waals surface area contributed by atoms with Gasteiger partial charge in [-0.1, -0.05) is 17.7 Å². The van der Waals surface area contributed by atoms with E-state index < -0.39 is 17.0 Å². The fourth-order valence-electron chi connectivity index (χ4n) is 1.56. The quantitative estimate of drug-likeness (QED) is 0.608. The number of hydrogen-bond acceptors (Lipinski definition) is 0. The molecule has 0 saturated heterocycles. The largest absolute Gasteiger partial charge is 0.207 e. The van der Waals surface area contributed by atoms with Gasteiger partial charge in [0.05, 0.1) is 9.85 Å². The maximum atomic E-state index is 13.7. The van der Waals surface area contributed by atoms with E-state index >= 15 is 0 Å². The van der Waals surface area contributed by atoms with Crippen molar-refractivity contribution in [2.45, 2.75) is 5.38 Å². The summed E-state index contributed by atoms with van der Waals surface area (Å²) in [6.45, 7) is 0. The fraction of sp³-hybridized carbons (Fsp3) is 0.0769. The van der Waals surface area contributed by atoms with Gasteiger partial charge in [-0.2, -0.15) is 0 Å². The van der Waals surface area contributed by atoms with Crippen LogP contribution in [0.3, 0.4) is 0 Å². The van der Waals surface area contributed by atoms with Crippen molar-refractivity contribution in [3.05, 3.63) is 68.7 Å². The van der Waals surface area contributed by atoms with Crippen molar-refractivity contribution >= 4 is 39.1 Å². The van der Waals surface area contributed by atoms with Crippen LogP contribution in [0.25, 0.3) is 0 Å². The lowest BCUT2D eigenvalue weighted by molar-refractivity contribution is 0.611. The molecule has 0 saturated carbocycles. The molecule has 2 rings (SSSR count). The average molecular weight is 352 g/mol. The molecule has 2 aromatic rings. The molecule has 0 N–H and O–H groups in total. The first-order chi connectivity index (χ1) is 8.49. The molecule has 94 valence electrons. The minimum atomic E-state index is -0.722. The molecule has 0 aromatic heterocycles. The topological polar surface area (TPSA) is 0 Å². The lowest BCUT2D eigenvalue weighted by Crippen LogP contribution is -1.97. The van der Waals surface area contributed by atoms with Gasteiger partial charge in [-0.25, -0.2) is 8.78 Å². The van der Waals surface area contributed by atoms with Gasteiger partial charge in [0, 0.05) is 10.6 Å². The molecule has 0 aliphatic rings. The molecule has 0 aliphatic carbocycles. The van der Waals surface area contributed by atoms with Crippen molar-refractivity contribution in [3.8, 4) is 0 Å². The summed E-state index contributed by atoms with van der Waals surface area (Å²) in [6, 6.07) is 8.48. The van der Waals surface area contributed by atoms with E-state index in [0.717, 1.165) is 0 Å². The van der Waals surface area contributed by atoms with Gasteiger partial charge in [-0.15, -0.1) is 11.6 Å². The first-order valence-electron chi connectivity index (χ1n) is 5.03. The first kappa shape index (κ1) is 13.8. The molecular formula is C13H7BrCl2F2. The van der Waals surface area contributed by atoms with Crippen LogP contribution in [0, 0.1) is 11.6 Å². The summed E-state index contributed by atoms with van der Waals surface area (Å²) < 4.78 is 27.1. The van der Waals surface area contributed by atoms with Crippen LogP contribution in [0.1, 0.15) is 16.5 Å². The summed E-state index contributed by atoms with van der Waals surface area (Å²) in [7, 11) is 0. The van der Waals surface area contributed by atoms with Crippen molar-refractivity contribution in [1.29, 1.82) is 0 Å². The third-order valence-electron chi connectivity index (χ3n) is 2.47. The smallest absolute Gasteiger partial charge is 0.137 e. The van der Waals surface area contributed by atoms with E-state index in [1.54, 1.807) is 0 Å². The molecule has 0 aliphatic heterocycles. The average Bonchev–Trinajstić information content (AvgIpc) is 2.35. The van der Waals surface area contributed by atoms with Crippen molar-refractivity contribution in [2.75, 3.05) is 0 Å². The number of rotatable bonds is 2. The van der Waals surface area contributed by atoms with Crippen molar-refractivity contribution in [2.24, 2.45) is 0 Å². The molecule has 18 heavy (non-hydrogen) atoms. The van der Waals surface area contributed by atoms with Gasteiger partial charge in [0.1, 0.15) is 11.6 Å². The molecule has 5 heteroatoms. The summed E-state index contributed by atoms with van der Waals surface area (Å²) in [5, 5.41) is -0.321. The van der Waals surface area contributed by atoms with Crippen LogP contribution < -0.4 is 0 Å². The van der Waals surface area contributed by atoms with E-state index in [1.807, 2.05) is 0 Å². The number of alkyl halides is 1.